The molecule has 2 nitrogen and oxygen atoms in total. The summed E-state index contributed by atoms with van der Waals surface area (Å²) in [6, 6.07) is 13.1. The van der Waals surface area contributed by atoms with Gasteiger partial charge >= 0.3 is 0 Å². The van der Waals surface area contributed by atoms with Crippen LogP contribution in [0.4, 0.5) is 34.1 Å². The molecule has 0 spiro atoms. The largest absolute Gasteiger partial charge is 0.311 e. The van der Waals surface area contributed by atoms with Crippen molar-refractivity contribution in [3.8, 4) is 0 Å². The second-order valence-electron chi connectivity index (χ2n) is 15.8. The summed E-state index contributed by atoms with van der Waals surface area (Å²) < 4.78 is 80.3. The maximum absolute atomic E-state index is 9.46. The number of aryl methyl sites for hydroxylation is 1. The molecule has 0 fully saturated rings. The molecule has 2 heterocycles. The topological polar surface area (TPSA) is 6.48 Å². The van der Waals surface area contributed by atoms with E-state index >= 15 is 0 Å². The van der Waals surface area contributed by atoms with E-state index in [9.17, 15) is 2.74 Å². The van der Waals surface area contributed by atoms with E-state index in [1.807, 2.05) is 13.0 Å². The summed E-state index contributed by atoms with van der Waals surface area (Å²) >= 11 is 0. The second-order valence-corrected chi connectivity index (χ2v) is 15.8. The van der Waals surface area contributed by atoms with E-state index in [4.69, 9.17) is 9.60 Å². The van der Waals surface area contributed by atoms with Crippen molar-refractivity contribution in [1.82, 2.24) is 0 Å². The highest BCUT2D eigenvalue weighted by Crippen LogP contribution is 2.46. The summed E-state index contributed by atoms with van der Waals surface area (Å²) in [4.78, 5) is 3.75. The standard InChI is InChI=1S/C43H47BN2/c1-28-22-38-40-39(23-28)46(33-25-30(42(5,6)7)24-31(26-33)43(8,9)10)37-27-29(41(2,3)4)20-21-35(37)44(40)34-18-14-15-19-36(34)45(38)32-16-12-11-13-17-32/h11-27H,1-10H3/i11D,12D,13D,14D,15D,16D,17D,18D,19D. The van der Waals surface area contributed by atoms with Crippen LogP contribution >= 0.6 is 0 Å². The quantitative estimate of drug-likeness (QED) is 0.180. The fraction of sp³-hybridized carbons (Fsp3) is 0.302. The van der Waals surface area contributed by atoms with Gasteiger partial charge in [0.05, 0.1) is 12.3 Å². The van der Waals surface area contributed by atoms with Crippen LogP contribution < -0.4 is 26.2 Å². The van der Waals surface area contributed by atoms with Gasteiger partial charge in [0.2, 0.25) is 0 Å². The molecule has 0 radical (unpaired) electrons. The molecular formula is C43H47BN2. The Hall–Kier alpha value is -4.24. The van der Waals surface area contributed by atoms with Gasteiger partial charge in [-0.15, -0.1) is 0 Å². The lowest BCUT2D eigenvalue weighted by molar-refractivity contribution is 0.569. The molecule has 2 aliphatic rings. The molecule has 3 heteroatoms. The fourth-order valence-electron chi connectivity index (χ4n) is 6.75. The number of anilines is 6. The summed E-state index contributed by atoms with van der Waals surface area (Å²) in [5.74, 6) is 0. The molecule has 0 saturated carbocycles. The van der Waals surface area contributed by atoms with Crippen LogP contribution in [0.3, 0.4) is 0 Å². The van der Waals surface area contributed by atoms with E-state index in [-0.39, 0.29) is 39.7 Å². The average molecular weight is 612 g/mol. The van der Waals surface area contributed by atoms with Crippen LogP contribution in [0.5, 0.6) is 0 Å². The lowest BCUT2D eigenvalue weighted by atomic mass is 9.33. The van der Waals surface area contributed by atoms with Gasteiger partial charge in [0.15, 0.2) is 0 Å². The van der Waals surface area contributed by atoms with Crippen LogP contribution in [0.25, 0.3) is 0 Å². The summed E-state index contributed by atoms with van der Waals surface area (Å²) in [5.41, 5.74) is 8.54. The number of nitrogens with zero attached hydrogens (tertiary/aromatic N) is 2. The summed E-state index contributed by atoms with van der Waals surface area (Å²) in [6.45, 7) is 21.0. The van der Waals surface area contributed by atoms with Crippen LogP contribution in [0.15, 0.2) is 103 Å². The van der Waals surface area contributed by atoms with E-state index in [0.717, 1.165) is 50.2 Å². The molecule has 0 N–H and O–H groups in total. The SMILES string of the molecule is [2H]c1c([2H])c([2H])c(N2c3cc(C)cc4c3B(c3ccc(C(C)(C)C)cc3N4c3cc(C(C)(C)C)cc(C(C)(C)C)c3)c3c([2H])c([2H])c([2H])c([2H])c32)c([2H])c1[2H]. The number of para-hydroxylation sites is 2. The highest BCUT2D eigenvalue weighted by atomic mass is 15.2. The van der Waals surface area contributed by atoms with Crippen LogP contribution in [-0.2, 0) is 16.2 Å². The predicted octanol–water partition coefficient (Wildman–Crippen LogP) is 9.97. The normalized spacial score (nSPS) is 16.9. The molecule has 46 heavy (non-hydrogen) atoms. The highest BCUT2D eigenvalue weighted by molar-refractivity contribution is 7.00. The van der Waals surface area contributed by atoms with E-state index in [2.05, 4.69) is 110 Å². The van der Waals surface area contributed by atoms with Crippen molar-refractivity contribution in [3.63, 3.8) is 0 Å². The van der Waals surface area contributed by atoms with Gasteiger partial charge in [0.25, 0.3) is 6.71 Å². The number of hydrogen-bond acceptors (Lipinski definition) is 2. The molecule has 0 saturated heterocycles. The van der Waals surface area contributed by atoms with Gasteiger partial charge in [-0.25, -0.2) is 0 Å². The van der Waals surface area contributed by atoms with Crippen molar-refractivity contribution < 1.29 is 12.3 Å². The lowest BCUT2D eigenvalue weighted by Gasteiger charge is -2.45. The van der Waals surface area contributed by atoms with Crippen molar-refractivity contribution in [1.29, 1.82) is 0 Å². The van der Waals surface area contributed by atoms with Gasteiger partial charge in [0, 0.05) is 34.1 Å². The molecule has 0 aliphatic carbocycles. The Morgan fingerprint density at radius 1 is 0.500 bits per heavy atom. The minimum absolute atomic E-state index is 0.0719. The van der Waals surface area contributed by atoms with Crippen molar-refractivity contribution in [2.45, 2.75) is 85.5 Å². The molecule has 2 aliphatic heterocycles. The van der Waals surface area contributed by atoms with Crippen molar-refractivity contribution in [2.24, 2.45) is 0 Å². The molecule has 0 bridgehead atoms. The number of benzene rings is 5. The molecule has 7 rings (SSSR count). The third kappa shape index (κ3) is 4.96. The average Bonchev–Trinajstić information content (AvgIpc) is 3.10. The molecule has 0 amide bonds. The predicted molar refractivity (Wildman–Crippen MR) is 201 cm³/mol. The molecule has 232 valence electrons. The van der Waals surface area contributed by atoms with E-state index in [1.165, 1.54) is 4.90 Å². The first-order chi connectivity index (χ1) is 25.4. The first-order valence-corrected chi connectivity index (χ1v) is 16.1. The molecule has 0 atom stereocenters. The molecule has 0 unspecified atom stereocenters. The summed E-state index contributed by atoms with van der Waals surface area (Å²) in [7, 11) is 0. The van der Waals surface area contributed by atoms with Crippen LogP contribution in [0, 0.1) is 6.92 Å². The number of hydrogen-bond donors (Lipinski definition) is 0. The van der Waals surface area contributed by atoms with Crippen LogP contribution in [0.1, 0.15) is 96.9 Å². The Morgan fingerprint density at radius 3 is 1.63 bits per heavy atom. The number of rotatable bonds is 2. The lowest BCUT2D eigenvalue weighted by Crippen LogP contribution is -2.61. The maximum Gasteiger partial charge on any atom is 0.252 e. The van der Waals surface area contributed by atoms with Crippen LogP contribution in [0.2, 0.25) is 0 Å². The van der Waals surface area contributed by atoms with Gasteiger partial charge in [-0.3, -0.25) is 0 Å². The fourth-order valence-corrected chi connectivity index (χ4v) is 6.75. The summed E-state index contributed by atoms with van der Waals surface area (Å²) in [5, 5.41) is 0. The molecule has 5 aromatic carbocycles. The third-order valence-corrected chi connectivity index (χ3v) is 9.33. The van der Waals surface area contributed by atoms with E-state index in [0.29, 0.717) is 11.2 Å². The minimum atomic E-state index is -0.670. The maximum atomic E-state index is 9.46. The Morgan fingerprint density at radius 2 is 1.04 bits per heavy atom. The minimum Gasteiger partial charge on any atom is -0.311 e. The summed E-state index contributed by atoms with van der Waals surface area (Å²) in [6.07, 6.45) is 0. The number of fused-ring (bicyclic) bond motifs is 4. The Balaban J connectivity index is 1.71. The Kier molecular flexibility index (Phi) is 4.87. The second kappa shape index (κ2) is 10.4. The first-order valence-electron chi connectivity index (χ1n) is 20.6. The Bertz CT molecular complexity index is 2410. The highest BCUT2D eigenvalue weighted by Gasteiger charge is 2.43. The van der Waals surface area contributed by atoms with Crippen molar-refractivity contribution in [2.75, 3.05) is 9.80 Å². The molecule has 5 aromatic rings. The third-order valence-electron chi connectivity index (χ3n) is 9.33. The molecular weight excluding hydrogens is 555 g/mol. The van der Waals surface area contributed by atoms with Gasteiger partial charge in [0.1, 0.15) is 0 Å². The van der Waals surface area contributed by atoms with Crippen molar-refractivity contribution >= 4 is 57.2 Å². The van der Waals surface area contributed by atoms with E-state index < -0.39 is 49.0 Å². The van der Waals surface area contributed by atoms with Crippen molar-refractivity contribution in [3.05, 3.63) is 125 Å². The molecule has 0 aromatic heterocycles. The Labute approximate surface area is 289 Å². The van der Waals surface area contributed by atoms with E-state index in [1.54, 1.807) is 0 Å². The van der Waals surface area contributed by atoms with Gasteiger partial charge in [-0.05, 0) is 110 Å². The first kappa shape index (κ1) is 21.5. The zero-order valence-corrected chi connectivity index (χ0v) is 28.6. The van der Waals surface area contributed by atoms with Gasteiger partial charge in [-0.2, -0.15) is 0 Å². The van der Waals surface area contributed by atoms with Gasteiger partial charge < -0.3 is 9.80 Å². The smallest absolute Gasteiger partial charge is 0.252 e. The monoisotopic (exact) mass is 611 g/mol. The zero-order chi connectivity index (χ0) is 40.6. The van der Waals surface area contributed by atoms with Gasteiger partial charge in [-0.1, -0.05) is 117 Å². The zero-order valence-electron chi connectivity index (χ0n) is 37.6. The van der Waals surface area contributed by atoms with Crippen LogP contribution in [-0.4, -0.2) is 6.71 Å².